The molecule has 3 aliphatic heterocycles. The van der Waals surface area contributed by atoms with Gasteiger partial charge in [0.15, 0.2) is 5.84 Å². The van der Waals surface area contributed by atoms with Crippen molar-refractivity contribution in [1.82, 2.24) is 20.4 Å². The quantitative estimate of drug-likeness (QED) is 0.560. The van der Waals surface area contributed by atoms with Gasteiger partial charge in [0.2, 0.25) is 12.3 Å². The van der Waals surface area contributed by atoms with Gasteiger partial charge in [0.25, 0.3) is 0 Å². The van der Waals surface area contributed by atoms with Gasteiger partial charge in [0.1, 0.15) is 11.5 Å². The third-order valence-corrected chi connectivity index (χ3v) is 5.67. The van der Waals surface area contributed by atoms with E-state index < -0.39 is 6.35 Å². The first-order chi connectivity index (χ1) is 14.6. The third-order valence-electron chi connectivity index (χ3n) is 5.67. The van der Waals surface area contributed by atoms with Gasteiger partial charge in [0, 0.05) is 13.1 Å². The summed E-state index contributed by atoms with van der Waals surface area (Å²) in [6.07, 6.45) is 4.06. The summed E-state index contributed by atoms with van der Waals surface area (Å²) in [6, 6.07) is 8.62. The average molecular weight is 413 g/mol. The zero-order chi connectivity index (χ0) is 20.9. The highest BCUT2D eigenvalue weighted by molar-refractivity contribution is 6.02. The summed E-state index contributed by atoms with van der Waals surface area (Å²) in [5, 5.41) is 6.15. The van der Waals surface area contributed by atoms with Gasteiger partial charge < -0.3 is 26.0 Å². The molecule has 1 amide bonds. The maximum absolute atomic E-state index is 12.3. The van der Waals surface area contributed by atoms with E-state index in [1.165, 1.54) is 37.1 Å². The van der Waals surface area contributed by atoms with E-state index in [0.29, 0.717) is 24.7 Å². The Hall–Kier alpha value is -2.58. The minimum absolute atomic E-state index is 0.0905. The monoisotopic (exact) mass is 412 g/mol. The minimum atomic E-state index is -0.533. The number of rotatable bonds is 8. The van der Waals surface area contributed by atoms with Crippen LogP contribution in [0, 0.1) is 0 Å². The van der Waals surface area contributed by atoms with Crippen molar-refractivity contribution in [2.45, 2.75) is 52.0 Å². The van der Waals surface area contributed by atoms with Gasteiger partial charge in [-0.25, -0.2) is 4.99 Å². The number of aliphatic imine (C=N–C) groups is 1. The summed E-state index contributed by atoms with van der Waals surface area (Å²) < 4.78 is 5.80. The van der Waals surface area contributed by atoms with Crippen molar-refractivity contribution in [3.8, 4) is 0 Å². The largest absolute Gasteiger partial charge is 0.382 e. The standard InChI is InChI=1S/C22H32N6O2/c1-2-3-11-30-22-25-20(23)19-21(26-22)28(15-18(29)24-19)14-17-8-6-7-16(12-17)13-27-9-4-5-10-27/h6-8,12,22,26H,2-5,9-11,13-15H2,1H3,(H2,23,25)(H,24,29). The van der Waals surface area contributed by atoms with Crippen LogP contribution in [0.25, 0.3) is 0 Å². The van der Waals surface area contributed by atoms with Crippen LogP contribution in [0.2, 0.25) is 0 Å². The molecule has 8 heteroatoms. The van der Waals surface area contributed by atoms with E-state index >= 15 is 0 Å². The molecule has 30 heavy (non-hydrogen) atoms. The fourth-order valence-electron chi connectivity index (χ4n) is 4.14. The molecule has 0 radical (unpaired) electrons. The van der Waals surface area contributed by atoms with Crippen LogP contribution in [0.1, 0.15) is 43.7 Å². The Morgan fingerprint density at radius 2 is 2.00 bits per heavy atom. The highest BCUT2D eigenvalue weighted by Gasteiger charge is 2.32. The first-order valence-corrected chi connectivity index (χ1v) is 10.9. The molecule has 0 aliphatic carbocycles. The number of nitrogens with one attached hydrogen (secondary N) is 2. The summed E-state index contributed by atoms with van der Waals surface area (Å²) in [6.45, 7) is 6.93. The number of benzene rings is 1. The molecule has 1 atom stereocenters. The van der Waals surface area contributed by atoms with E-state index in [1.807, 2.05) is 4.90 Å². The highest BCUT2D eigenvalue weighted by atomic mass is 16.5. The van der Waals surface area contributed by atoms with Crippen molar-refractivity contribution >= 4 is 11.7 Å². The number of likely N-dealkylation sites (tertiary alicyclic amines) is 1. The van der Waals surface area contributed by atoms with Crippen LogP contribution in [0.3, 0.4) is 0 Å². The Balaban J connectivity index is 1.48. The van der Waals surface area contributed by atoms with Crippen molar-refractivity contribution in [3.63, 3.8) is 0 Å². The van der Waals surface area contributed by atoms with Crippen molar-refractivity contribution < 1.29 is 9.53 Å². The molecule has 0 spiro atoms. The van der Waals surface area contributed by atoms with E-state index in [4.69, 9.17) is 10.5 Å². The lowest BCUT2D eigenvalue weighted by Gasteiger charge is -2.37. The smallest absolute Gasteiger partial charge is 0.244 e. The molecule has 3 heterocycles. The van der Waals surface area contributed by atoms with Gasteiger partial charge in [-0.2, -0.15) is 0 Å². The lowest BCUT2D eigenvalue weighted by Crippen LogP contribution is -2.54. The fraction of sp³-hybridized carbons (Fsp3) is 0.545. The molecule has 162 valence electrons. The van der Waals surface area contributed by atoms with Crippen LogP contribution < -0.4 is 16.4 Å². The lowest BCUT2D eigenvalue weighted by molar-refractivity contribution is -0.122. The zero-order valence-electron chi connectivity index (χ0n) is 17.7. The summed E-state index contributed by atoms with van der Waals surface area (Å²) in [7, 11) is 0. The van der Waals surface area contributed by atoms with Crippen LogP contribution in [-0.2, 0) is 22.6 Å². The predicted octanol–water partition coefficient (Wildman–Crippen LogP) is 1.44. The number of nitrogens with two attached hydrogens (primary N) is 1. The molecule has 1 aromatic rings. The number of hydrogen-bond donors (Lipinski definition) is 3. The molecule has 1 saturated heterocycles. The summed E-state index contributed by atoms with van der Waals surface area (Å²) >= 11 is 0. The van der Waals surface area contributed by atoms with Gasteiger partial charge in [-0.05, 0) is 43.5 Å². The molecule has 1 aromatic carbocycles. The molecule has 8 nitrogen and oxygen atoms in total. The topological polar surface area (TPSA) is 95.2 Å². The number of carbonyl (C=O) groups is 1. The second-order valence-corrected chi connectivity index (χ2v) is 8.17. The summed E-state index contributed by atoms with van der Waals surface area (Å²) in [5.74, 6) is 0.979. The summed E-state index contributed by atoms with van der Waals surface area (Å²) in [5.41, 5.74) is 9.15. The van der Waals surface area contributed by atoms with Crippen LogP contribution in [0.4, 0.5) is 0 Å². The second-order valence-electron chi connectivity index (χ2n) is 8.17. The zero-order valence-corrected chi connectivity index (χ0v) is 17.7. The van der Waals surface area contributed by atoms with Gasteiger partial charge in [-0.3, -0.25) is 9.69 Å². The fourth-order valence-corrected chi connectivity index (χ4v) is 4.14. The van der Waals surface area contributed by atoms with Crippen LogP contribution in [-0.4, -0.2) is 54.1 Å². The van der Waals surface area contributed by atoms with Crippen molar-refractivity contribution in [2.24, 2.45) is 10.7 Å². The number of unbranched alkanes of at least 4 members (excludes halogenated alkanes) is 1. The number of carbonyl (C=O) groups excluding carboxylic acids is 1. The van der Waals surface area contributed by atoms with Gasteiger partial charge in [-0.1, -0.05) is 37.6 Å². The van der Waals surface area contributed by atoms with Gasteiger partial charge in [0.05, 0.1) is 13.2 Å². The Morgan fingerprint density at radius 3 is 2.77 bits per heavy atom. The molecule has 0 saturated carbocycles. The molecule has 4 N–H and O–H groups in total. The molecule has 4 rings (SSSR count). The SMILES string of the molecule is CCCCOC1N=C(N)C2=C(N1)N(Cc1cccc(CN3CCCC3)c1)CC(=O)N2. The minimum Gasteiger partial charge on any atom is -0.382 e. The lowest BCUT2D eigenvalue weighted by atomic mass is 10.1. The Labute approximate surface area is 178 Å². The third kappa shape index (κ3) is 4.94. The number of nitrogens with zero attached hydrogens (tertiary/aromatic N) is 3. The summed E-state index contributed by atoms with van der Waals surface area (Å²) in [4.78, 5) is 21.1. The van der Waals surface area contributed by atoms with Crippen molar-refractivity contribution in [1.29, 1.82) is 0 Å². The molecular weight excluding hydrogens is 380 g/mol. The first kappa shape index (κ1) is 20.7. The number of ether oxygens (including phenoxy) is 1. The normalized spacial score (nSPS) is 21.9. The van der Waals surface area contributed by atoms with Crippen LogP contribution in [0.5, 0.6) is 0 Å². The highest BCUT2D eigenvalue weighted by Crippen LogP contribution is 2.21. The van der Waals surface area contributed by atoms with Crippen LogP contribution >= 0.6 is 0 Å². The van der Waals surface area contributed by atoms with Crippen molar-refractivity contribution in [3.05, 3.63) is 46.9 Å². The van der Waals surface area contributed by atoms with E-state index in [-0.39, 0.29) is 12.5 Å². The maximum Gasteiger partial charge on any atom is 0.244 e. The molecule has 3 aliphatic rings. The van der Waals surface area contributed by atoms with E-state index in [2.05, 4.69) is 51.7 Å². The molecule has 0 bridgehead atoms. The second kappa shape index (κ2) is 9.49. The predicted molar refractivity (Wildman–Crippen MR) is 116 cm³/mol. The van der Waals surface area contributed by atoms with Crippen molar-refractivity contribution in [2.75, 3.05) is 26.2 Å². The molecular formula is C22H32N6O2. The van der Waals surface area contributed by atoms with Crippen LogP contribution in [0.15, 0.2) is 40.8 Å². The van der Waals surface area contributed by atoms with Gasteiger partial charge >= 0.3 is 0 Å². The Morgan fingerprint density at radius 1 is 1.23 bits per heavy atom. The number of amides is 1. The Bertz CT molecular complexity index is 831. The van der Waals surface area contributed by atoms with E-state index in [9.17, 15) is 4.79 Å². The van der Waals surface area contributed by atoms with E-state index in [0.717, 1.165) is 25.2 Å². The maximum atomic E-state index is 12.3. The number of hydrogen-bond acceptors (Lipinski definition) is 7. The Kier molecular flexibility index (Phi) is 6.54. The van der Waals surface area contributed by atoms with E-state index in [1.54, 1.807) is 0 Å². The number of amidine groups is 1. The molecule has 1 fully saturated rings. The average Bonchev–Trinajstić information content (AvgIpc) is 3.22. The molecule has 1 unspecified atom stereocenters. The first-order valence-electron chi connectivity index (χ1n) is 10.9. The van der Waals surface area contributed by atoms with Gasteiger partial charge in [-0.15, -0.1) is 0 Å². The molecule has 0 aromatic heterocycles.